The molecule has 0 heterocycles. The van der Waals surface area contributed by atoms with Crippen molar-refractivity contribution in [2.75, 3.05) is 13.2 Å². The summed E-state index contributed by atoms with van der Waals surface area (Å²) in [7, 11) is 0. The second-order valence-corrected chi connectivity index (χ2v) is 4.39. The van der Waals surface area contributed by atoms with Crippen molar-refractivity contribution in [3.63, 3.8) is 0 Å². The van der Waals surface area contributed by atoms with E-state index in [-0.39, 0.29) is 0 Å². The van der Waals surface area contributed by atoms with Crippen molar-refractivity contribution < 1.29 is 9.47 Å². The van der Waals surface area contributed by atoms with Gasteiger partial charge < -0.3 is 15.2 Å². The van der Waals surface area contributed by atoms with Crippen molar-refractivity contribution in [1.29, 1.82) is 0 Å². The number of benzene rings is 2. The van der Waals surface area contributed by atoms with Crippen molar-refractivity contribution in [1.82, 2.24) is 0 Å². The SMILES string of the molecule is CCOc1ccc(-c2ccccc2CN)cc1OCC. The summed E-state index contributed by atoms with van der Waals surface area (Å²) in [4.78, 5) is 0. The number of hydrogen-bond acceptors (Lipinski definition) is 3. The molecule has 0 aromatic heterocycles. The van der Waals surface area contributed by atoms with Gasteiger partial charge in [0.2, 0.25) is 0 Å². The molecule has 0 bridgehead atoms. The Kier molecular flexibility index (Phi) is 5.02. The fourth-order valence-electron chi connectivity index (χ4n) is 2.20. The lowest BCUT2D eigenvalue weighted by molar-refractivity contribution is 0.288. The van der Waals surface area contributed by atoms with Crippen LogP contribution in [0.1, 0.15) is 19.4 Å². The van der Waals surface area contributed by atoms with Crippen molar-refractivity contribution in [3.05, 3.63) is 48.0 Å². The lowest BCUT2D eigenvalue weighted by Crippen LogP contribution is -2.00. The molecule has 2 rings (SSSR count). The van der Waals surface area contributed by atoms with E-state index in [0.717, 1.165) is 28.2 Å². The molecule has 106 valence electrons. The van der Waals surface area contributed by atoms with Crippen LogP contribution in [-0.4, -0.2) is 13.2 Å². The Balaban J connectivity index is 2.44. The molecular weight excluding hydrogens is 250 g/mol. The predicted molar refractivity (Wildman–Crippen MR) is 82.1 cm³/mol. The van der Waals surface area contributed by atoms with Gasteiger partial charge in [0, 0.05) is 6.54 Å². The Hall–Kier alpha value is -2.00. The minimum Gasteiger partial charge on any atom is -0.490 e. The highest BCUT2D eigenvalue weighted by Crippen LogP contribution is 2.34. The van der Waals surface area contributed by atoms with Crippen LogP contribution < -0.4 is 15.2 Å². The van der Waals surface area contributed by atoms with Gasteiger partial charge in [0.25, 0.3) is 0 Å². The second-order valence-electron chi connectivity index (χ2n) is 4.39. The third-order valence-corrected chi connectivity index (χ3v) is 3.09. The van der Waals surface area contributed by atoms with E-state index in [0.29, 0.717) is 19.8 Å². The van der Waals surface area contributed by atoms with Crippen molar-refractivity contribution in [2.24, 2.45) is 5.73 Å². The molecule has 0 saturated carbocycles. The van der Waals surface area contributed by atoms with Gasteiger partial charge in [-0.05, 0) is 42.7 Å². The largest absolute Gasteiger partial charge is 0.490 e. The molecule has 0 saturated heterocycles. The van der Waals surface area contributed by atoms with Gasteiger partial charge in [0.1, 0.15) is 0 Å². The van der Waals surface area contributed by atoms with Crippen LogP contribution in [-0.2, 0) is 6.54 Å². The Morgan fingerprint density at radius 1 is 0.900 bits per heavy atom. The molecule has 2 aromatic rings. The van der Waals surface area contributed by atoms with E-state index < -0.39 is 0 Å². The monoisotopic (exact) mass is 271 g/mol. The lowest BCUT2D eigenvalue weighted by Gasteiger charge is -2.14. The smallest absolute Gasteiger partial charge is 0.161 e. The van der Waals surface area contributed by atoms with Crippen molar-refractivity contribution >= 4 is 0 Å². The molecule has 0 spiro atoms. The average Bonchev–Trinajstić information content (AvgIpc) is 2.49. The maximum Gasteiger partial charge on any atom is 0.161 e. The van der Waals surface area contributed by atoms with Gasteiger partial charge in [-0.25, -0.2) is 0 Å². The van der Waals surface area contributed by atoms with Crippen LogP contribution in [0.25, 0.3) is 11.1 Å². The molecule has 2 N–H and O–H groups in total. The third kappa shape index (κ3) is 3.11. The van der Waals surface area contributed by atoms with E-state index in [1.807, 2.05) is 50.2 Å². The van der Waals surface area contributed by atoms with Crippen molar-refractivity contribution in [2.45, 2.75) is 20.4 Å². The number of rotatable bonds is 6. The topological polar surface area (TPSA) is 44.5 Å². The zero-order valence-corrected chi connectivity index (χ0v) is 12.1. The van der Waals surface area contributed by atoms with Gasteiger partial charge in [-0.2, -0.15) is 0 Å². The molecule has 0 aliphatic heterocycles. The zero-order chi connectivity index (χ0) is 14.4. The first-order valence-corrected chi connectivity index (χ1v) is 6.98. The molecule has 0 amide bonds. The molecule has 3 heteroatoms. The lowest BCUT2D eigenvalue weighted by atomic mass is 9.99. The van der Waals surface area contributed by atoms with Gasteiger partial charge >= 0.3 is 0 Å². The molecule has 20 heavy (non-hydrogen) atoms. The summed E-state index contributed by atoms with van der Waals surface area (Å²) < 4.78 is 11.3. The van der Waals surface area contributed by atoms with E-state index >= 15 is 0 Å². The van der Waals surface area contributed by atoms with E-state index in [9.17, 15) is 0 Å². The van der Waals surface area contributed by atoms with Gasteiger partial charge in [-0.15, -0.1) is 0 Å². The van der Waals surface area contributed by atoms with E-state index in [4.69, 9.17) is 15.2 Å². The maximum absolute atomic E-state index is 5.81. The zero-order valence-electron chi connectivity index (χ0n) is 12.1. The van der Waals surface area contributed by atoms with Gasteiger partial charge in [-0.3, -0.25) is 0 Å². The minimum absolute atomic E-state index is 0.521. The summed E-state index contributed by atoms with van der Waals surface area (Å²) in [5, 5.41) is 0. The summed E-state index contributed by atoms with van der Waals surface area (Å²) in [5.41, 5.74) is 9.16. The Morgan fingerprint density at radius 3 is 2.30 bits per heavy atom. The molecule has 0 atom stereocenters. The van der Waals surface area contributed by atoms with Gasteiger partial charge in [0.15, 0.2) is 11.5 Å². The summed E-state index contributed by atoms with van der Waals surface area (Å²) >= 11 is 0. The standard InChI is InChI=1S/C17H21NO2/c1-3-19-16-10-9-13(11-17(16)20-4-2)15-8-6-5-7-14(15)12-18/h5-11H,3-4,12,18H2,1-2H3. The predicted octanol–water partition coefficient (Wildman–Crippen LogP) is 3.61. The molecule has 0 radical (unpaired) electrons. The fourth-order valence-corrected chi connectivity index (χ4v) is 2.20. The first-order valence-electron chi connectivity index (χ1n) is 6.98. The van der Waals surface area contributed by atoms with Crippen LogP contribution in [0.5, 0.6) is 11.5 Å². The highest BCUT2D eigenvalue weighted by atomic mass is 16.5. The Bertz CT molecular complexity index is 567. The number of ether oxygens (including phenoxy) is 2. The van der Waals surface area contributed by atoms with Gasteiger partial charge in [-0.1, -0.05) is 30.3 Å². The van der Waals surface area contributed by atoms with Gasteiger partial charge in [0.05, 0.1) is 13.2 Å². The molecule has 0 aliphatic carbocycles. The Labute approximate surface area is 120 Å². The summed E-state index contributed by atoms with van der Waals surface area (Å²) in [6.07, 6.45) is 0. The van der Waals surface area contributed by atoms with Crippen LogP contribution in [0, 0.1) is 0 Å². The average molecular weight is 271 g/mol. The maximum atomic E-state index is 5.81. The first kappa shape index (κ1) is 14.4. The molecule has 0 unspecified atom stereocenters. The highest BCUT2D eigenvalue weighted by Gasteiger charge is 2.09. The third-order valence-electron chi connectivity index (χ3n) is 3.09. The summed E-state index contributed by atoms with van der Waals surface area (Å²) in [6.45, 7) is 5.69. The number of nitrogens with two attached hydrogens (primary N) is 1. The molecule has 3 nitrogen and oxygen atoms in total. The van der Waals surface area contributed by atoms with Crippen molar-refractivity contribution in [3.8, 4) is 22.6 Å². The summed E-state index contributed by atoms with van der Waals surface area (Å²) in [6, 6.07) is 14.2. The molecule has 0 fully saturated rings. The first-order chi connectivity index (χ1) is 9.80. The van der Waals surface area contributed by atoms with Crippen LogP contribution in [0.4, 0.5) is 0 Å². The van der Waals surface area contributed by atoms with Crippen LogP contribution >= 0.6 is 0 Å². The number of hydrogen-bond donors (Lipinski definition) is 1. The van der Waals surface area contributed by atoms with E-state index in [2.05, 4.69) is 6.07 Å². The normalized spacial score (nSPS) is 10.3. The van der Waals surface area contributed by atoms with Crippen LogP contribution in [0.15, 0.2) is 42.5 Å². The second kappa shape index (κ2) is 6.96. The van der Waals surface area contributed by atoms with E-state index in [1.165, 1.54) is 0 Å². The quantitative estimate of drug-likeness (QED) is 0.873. The van der Waals surface area contributed by atoms with E-state index in [1.54, 1.807) is 0 Å². The minimum atomic E-state index is 0.521. The van der Waals surface area contributed by atoms with Crippen LogP contribution in [0.3, 0.4) is 0 Å². The fraction of sp³-hybridized carbons (Fsp3) is 0.294. The molecular formula is C17H21NO2. The Morgan fingerprint density at radius 2 is 1.60 bits per heavy atom. The summed E-state index contributed by atoms with van der Waals surface area (Å²) in [5.74, 6) is 1.56. The molecule has 0 aliphatic rings. The molecule has 2 aromatic carbocycles. The highest BCUT2D eigenvalue weighted by molar-refractivity contribution is 5.70. The van der Waals surface area contributed by atoms with Crippen LogP contribution in [0.2, 0.25) is 0 Å².